The molecular weight excluding hydrogens is 264 g/mol. The van der Waals surface area contributed by atoms with Crippen LogP contribution in [0.5, 0.6) is 5.75 Å². The lowest BCUT2D eigenvalue weighted by Gasteiger charge is -2.05. The molecule has 2 rings (SSSR count). The molecule has 0 heterocycles. The Morgan fingerprint density at radius 3 is 2.71 bits per heavy atom. The van der Waals surface area contributed by atoms with E-state index in [4.69, 9.17) is 0 Å². The molecule has 108 valence electrons. The summed E-state index contributed by atoms with van der Waals surface area (Å²) in [5, 5.41) is 13.4. The molecule has 0 aliphatic carbocycles. The Bertz CT molecular complexity index is 678. The van der Waals surface area contributed by atoms with Gasteiger partial charge in [-0.05, 0) is 37.1 Å². The van der Waals surface area contributed by atoms with Crippen molar-refractivity contribution in [1.29, 1.82) is 0 Å². The second kappa shape index (κ2) is 6.70. The molecule has 2 aromatic carbocycles. The van der Waals surface area contributed by atoms with Gasteiger partial charge in [0.2, 0.25) is 5.91 Å². The topological polar surface area (TPSA) is 61.7 Å². The summed E-state index contributed by atoms with van der Waals surface area (Å²) in [7, 11) is 0. The molecular formula is C17H18N2O2. The Morgan fingerprint density at radius 1 is 1.24 bits per heavy atom. The fraction of sp³-hybridized carbons (Fsp3) is 0.176. The summed E-state index contributed by atoms with van der Waals surface area (Å²) in [6, 6.07) is 12.8. The molecule has 2 N–H and O–H groups in total. The van der Waals surface area contributed by atoms with Crippen LogP contribution in [0.15, 0.2) is 47.6 Å². The number of hydrogen-bond acceptors (Lipinski definition) is 3. The summed E-state index contributed by atoms with van der Waals surface area (Å²) in [5.74, 6) is -0.0569. The maximum atomic E-state index is 11.8. The third kappa shape index (κ3) is 4.18. The van der Waals surface area contributed by atoms with Crippen molar-refractivity contribution < 1.29 is 9.90 Å². The van der Waals surface area contributed by atoms with Gasteiger partial charge >= 0.3 is 0 Å². The van der Waals surface area contributed by atoms with Gasteiger partial charge in [-0.15, -0.1) is 0 Å². The highest BCUT2D eigenvalue weighted by Crippen LogP contribution is 2.13. The number of nitrogens with zero attached hydrogens (tertiary/aromatic N) is 1. The number of aromatic hydroxyl groups is 1. The molecule has 4 nitrogen and oxygen atoms in total. The van der Waals surface area contributed by atoms with Gasteiger partial charge in [-0.25, -0.2) is 5.43 Å². The highest BCUT2D eigenvalue weighted by atomic mass is 16.3. The highest BCUT2D eigenvalue weighted by Gasteiger charge is 2.05. The van der Waals surface area contributed by atoms with Crippen molar-refractivity contribution in [2.24, 2.45) is 5.10 Å². The van der Waals surface area contributed by atoms with Crippen molar-refractivity contribution in [2.45, 2.75) is 20.3 Å². The molecule has 0 saturated heterocycles. The molecule has 1 amide bonds. The summed E-state index contributed by atoms with van der Waals surface area (Å²) in [6.07, 6.45) is 1.71. The lowest BCUT2D eigenvalue weighted by atomic mass is 10.0. The lowest BCUT2D eigenvalue weighted by Crippen LogP contribution is -2.20. The predicted molar refractivity (Wildman–Crippen MR) is 83.5 cm³/mol. The summed E-state index contributed by atoms with van der Waals surface area (Å²) >= 11 is 0. The van der Waals surface area contributed by atoms with Crippen molar-refractivity contribution in [3.05, 3.63) is 64.7 Å². The molecule has 0 unspecified atom stereocenters. The van der Waals surface area contributed by atoms with Gasteiger partial charge in [-0.2, -0.15) is 5.10 Å². The molecule has 21 heavy (non-hydrogen) atoms. The van der Waals surface area contributed by atoms with Crippen LogP contribution in [0.1, 0.15) is 22.3 Å². The summed E-state index contributed by atoms with van der Waals surface area (Å²) in [6.45, 7) is 4.01. The molecule has 0 radical (unpaired) electrons. The van der Waals surface area contributed by atoms with Crippen molar-refractivity contribution in [2.75, 3.05) is 0 Å². The molecule has 0 aromatic heterocycles. The molecule has 0 fully saturated rings. The maximum Gasteiger partial charge on any atom is 0.244 e. The Morgan fingerprint density at radius 2 is 2.00 bits per heavy atom. The van der Waals surface area contributed by atoms with Gasteiger partial charge in [0.15, 0.2) is 0 Å². The van der Waals surface area contributed by atoms with Crippen LogP contribution in [0, 0.1) is 13.8 Å². The van der Waals surface area contributed by atoms with Crippen LogP contribution in [0.25, 0.3) is 0 Å². The number of aryl methyl sites for hydroxylation is 2. The SMILES string of the molecule is Cc1ccc(CC(=O)N/N=C\c2ccccc2O)c(C)c1. The average Bonchev–Trinajstić information content (AvgIpc) is 2.44. The second-order valence-electron chi connectivity index (χ2n) is 4.96. The van der Waals surface area contributed by atoms with Gasteiger partial charge < -0.3 is 5.11 Å². The van der Waals surface area contributed by atoms with Crippen LogP contribution in [0.2, 0.25) is 0 Å². The molecule has 2 aromatic rings. The van der Waals surface area contributed by atoms with E-state index in [1.165, 1.54) is 11.8 Å². The van der Waals surface area contributed by atoms with E-state index in [-0.39, 0.29) is 18.1 Å². The Hall–Kier alpha value is -2.62. The number of hydrazone groups is 1. The summed E-state index contributed by atoms with van der Waals surface area (Å²) in [5.41, 5.74) is 6.28. The minimum absolute atomic E-state index is 0.130. The third-order valence-electron chi connectivity index (χ3n) is 3.18. The molecule has 0 saturated carbocycles. The number of amides is 1. The van der Waals surface area contributed by atoms with Crippen molar-refractivity contribution in [3.63, 3.8) is 0 Å². The first kappa shape index (κ1) is 14.8. The molecule has 0 aliphatic heterocycles. The van der Waals surface area contributed by atoms with Crippen molar-refractivity contribution in [3.8, 4) is 5.75 Å². The van der Waals surface area contributed by atoms with E-state index in [9.17, 15) is 9.90 Å². The van der Waals surface area contributed by atoms with Gasteiger partial charge in [-0.3, -0.25) is 4.79 Å². The van der Waals surface area contributed by atoms with Crippen molar-refractivity contribution >= 4 is 12.1 Å². The Kier molecular flexibility index (Phi) is 4.72. The van der Waals surface area contributed by atoms with Gasteiger partial charge in [0, 0.05) is 5.56 Å². The van der Waals surface area contributed by atoms with Gasteiger partial charge in [0.25, 0.3) is 0 Å². The molecule has 0 aliphatic rings. The first-order valence-electron chi connectivity index (χ1n) is 6.72. The van der Waals surface area contributed by atoms with E-state index in [2.05, 4.69) is 10.5 Å². The first-order chi connectivity index (χ1) is 10.1. The number of nitrogens with one attached hydrogen (secondary N) is 1. The monoisotopic (exact) mass is 282 g/mol. The number of phenolic OH excluding ortho intramolecular Hbond substituents is 1. The number of carbonyl (C=O) groups excluding carboxylic acids is 1. The summed E-state index contributed by atoms with van der Waals surface area (Å²) in [4.78, 5) is 11.8. The van der Waals surface area contributed by atoms with E-state index in [0.717, 1.165) is 11.1 Å². The molecule has 0 atom stereocenters. The normalized spacial score (nSPS) is 10.8. The largest absolute Gasteiger partial charge is 0.507 e. The lowest BCUT2D eigenvalue weighted by molar-refractivity contribution is -0.120. The molecule has 0 spiro atoms. The van der Waals surface area contributed by atoms with E-state index < -0.39 is 0 Å². The minimum Gasteiger partial charge on any atom is -0.507 e. The zero-order valence-electron chi connectivity index (χ0n) is 12.1. The predicted octanol–water partition coefficient (Wildman–Crippen LogP) is 2.70. The van der Waals surface area contributed by atoms with Crippen LogP contribution in [0.3, 0.4) is 0 Å². The number of rotatable bonds is 4. The summed E-state index contributed by atoms with van der Waals surface area (Å²) < 4.78 is 0. The zero-order chi connectivity index (χ0) is 15.2. The standard InChI is InChI=1S/C17H18N2O2/c1-12-7-8-14(13(2)9-12)10-17(21)19-18-11-15-5-3-4-6-16(15)20/h3-9,11,20H,10H2,1-2H3,(H,19,21)/b18-11-. The zero-order valence-corrected chi connectivity index (χ0v) is 12.1. The van der Waals surface area contributed by atoms with Crippen LogP contribution in [-0.4, -0.2) is 17.2 Å². The highest BCUT2D eigenvalue weighted by molar-refractivity contribution is 5.85. The third-order valence-corrected chi connectivity index (χ3v) is 3.18. The maximum absolute atomic E-state index is 11.8. The number of phenols is 1. The van der Waals surface area contributed by atoms with E-state index in [1.54, 1.807) is 24.3 Å². The Balaban J connectivity index is 1.95. The Labute approximate surface area is 124 Å². The van der Waals surface area contributed by atoms with Crippen LogP contribution in [0.4, 0.5) is 0 Å². The van der Waals surface area contributed by atoms with Gasteiger partial charge in [-0.1, -0.05) is 35.9 Å². The molecule has 0 bridgehead atoms. The van der Waals surface area contributed by atoms with Gasteiger partial charge in [0.1, 0.15) is 5.75 Å². The van der Waals surface area contributed by atoms with Crippen molar-refractivity contribution in [1.82, 2.24) is 5.43 Å². The van der Waals surface area contributed by atoms with E-state index in [1.807, 2.05) is 32.0 Å². The van der Waals surface area contributed by atoms with Crippen LogP contribution >= 0.6 is 0 Å². The number of carbonyl (C=O) groups is 1. The van der Waals surface area contributed by atoms with E-state index in [0.29, 0.717) is 5.56 Å². The number of para-hydroxylation sites is 1. The number of hydrogen-bond donors (Lipinski definition) is 2. The molecule has 4 heteroatoms. The fourth-order valence-electron chi connectivity index (χ4n) is 2.03. The van der Waals surface area contributed by atoms with Crippen LogP contribution in [-0.2, 0) is 11.2 Å². The quantitative estimate of drug-likeness (QED) is 0.669. The number of benzene rings is 2. The van der Waals surface area contributed by atoms with Crippen LogP contribution < -0.4 is 5.43 Å². The smallest absolute Gasteiger partial charge is 0.244 e. The van der Waals surface area contributed by atoms with E-state index >= 15 is 0 Å². The first-order valence-corrected chi connectivity index (χ1v) is 6.72. The minimum atomic E-state index is -0.186. The second-order valence-corrected chi connectivity index (χ2v) is 4.96. The average molecular weight is 282 g/mol. The van der Waals surface area contributed by atoms with Gasteiger partial charge in [0.05, 0.1) is 12.6 Å². The fourth-order valence-corrected chi connectivity index (χ4v) is 2.03.